The first-order chi connectivity index (χ1) is 20.0. The number of benzene rings is 2. The summed E-state index contributed by atoms with van der Waals surface area (Å²) in [6, 6.07) is 7.41. The molecule has 0 spiro atoms. The van der Waals surface area contributed by atoms with E-state index in [0.29, 0.717) is 5.56 Å². The Morgan fingerprint density at radius 1 is 0.738 bits per heavy atom. The van der Waals surface area contributed by atoms with Crippen LogP contribution in [0.3, 0.4) is 0 Å². The molecule has 15 heteroatoms. The minimum atomic E-state index is -1.92. The van der Waals surface area contributed by atoms with E-state index in [1.165, 1.54) is 24.3 Å². The SMILES string of the molecule is O=c1cc(-c2ccc(O)cc2)oc2c([C@@H]3O[C@H](CO)[C@@H](O)[C@H](O)[C@H]3O[C@H]3O[C@@H](CO)[C@H](O)[C@H](O)[C@@H]3O)c(O)cc(O)c12. The molecule has 42 heavy (non-hydrogen) atoms. The molecule has 3 heterocycles. The van der Waals surface area contributed by atoms with Gasteiger partial charge in [-0.1, -0.05) is 0 Å². The van der Waals surface area contributed by atoms with Crippen molar-refractivity contribution in [1.29, 1.82) is 0 Å². The minimum absolute atomic E-state index is 0.0553. The predicted octanol–water partition coefficient (Wildman–Crippen LogP) is -2.08. The molecule has 0 amide bonds. The molecule has 0 unspecified atom stereocenters. The maximum Gasteiger partial charge on any atom is 0.197 e. The molecule has 2 saturated heterocycles. The number of ether oxygens (including phenoxy) is 3. The number of aliphatic hydroxyl groups is 7. The lowest BCUT2D eigenvalue weighted by atomic mass is 9.89. The molecule has 5 rings (SSSR count). The number of rotatable bonds is 6. The van der Waals surface area contributed by atoms with Crippen molar-refractivity contribution in [2.45, 2.75) is 61.2 Å². The zero-order chi connectivity index (χ0) is 30.5. The van der Waals surface area contributed by atoms with Gasteiger partial charge in [0.2, 0.25) is 0 Å². The fourth-order valence-corrected chi connectivity index (χ4v) is 5.17. The monoisotopic (exact) mass is 594 g/mol. The summed E-state index contributed by atoms with van der Waals surface area (Å²) in [5, 5.41) is 103. The van der Waals surface area contributed by atoms with Crippen LogP contribution in [0.5, 0.6) is 17.2 Å². The van der Waals surface area contributed by atoms with Gasteiger partial charge < -0.3 is 69.7 Å². The fraction of sp³-hybridized carbons (Fsp3) is 0.444. The number of aromatic hydroxyl groups is 3. The molecule has 0 saturated carbocycles. The molecule has 15 nitrogen and oxygen atoms in total. The molecule has 2 aliphatic rings. The van der Waals surface area contributed by atoms with E-state index in [4.69, 9.17) is 18.6 Å². The molecule has 3 aromatic rings. The van der Waals surface area contributed by atoms with Crippen molar-refractivity contribution >= 4 is 11.0 Å². The first-order valence-electron chi connectivity index (χ1n) is 12.9. The lowest BCUT2D eigenvalue weighted by Gasteiger charge is -2.46. The molecule has 2 aliphatic heterocycles. The van der Waals surface area contributed by atoms with E-state index in [2.05, 4.69) is 0 Å². The maximum absolute atomic E-state index is 13.1. The van der Waals surface area contributed by atoms with Gasteiger partial charge in [-0.3, -0.25) is 4.79 Å². The van der Waals surface area contributed by atoms with Crippen molar-refractivity contribution in [2.75, 3.05) is 13.2 Å². The summed E-state index contributed by atoms with van der Waals surface area (Å²) in [6.45, 7) is -1.61. The number of hydrogen-bond acceptors (Lipinski definition) is 15. The lowest BCUT2D eigenvalue weighted by Crippen LogP contribution is -2.62. The van der Waals surface area contributed by atoms with Crippen molar-refractivity contribution in [2.24, 2.45) is 0 Å². The average molecular weight is 595 g/mol. The molecule has 10 N–H and O–H groups in total. The third kappa shape index (κ3) is 5.20. The van der Waals surface area contributed by atoms with Crippen molar-refractivity contribution in [3.63, 3.8) is 0 Å². The van der Waals surface area contributed by atoms with Crippen molar-refractivity contribution in [3.8, 4) is 28.6 Å². The van der Waals surface area contributed by atoms with Gasteiger partial charge in [0, 0.05) is 17.7 Å². The Morgan fingerprint density at radius 3 is 2.00 bits per heavy atom. The number of aliphatic hydroxyl groups excluding tert-OH is 7. The summed E-state index contributed by atoms with van der Waals surface area (Å²) < 4.78 is 22.9. The van der Waals surface area contributed by atoms with Gasteiger partial charge in [0.05, 0.1) is 18.8 Å². The van der Waals surface area contributed by atoms with Crippen molar-refractivity contribution in [3.05, 3.63) is 52.2 Å². The van der Waals surface area contributed by atoms with E-state index in [1.54, 1.807) is 0 Å². The number of phenols is 3. The zero-order valence-corrected chi connectivity index (χ0v) is 21.7. The highest BCUT2D eigenvalue weighted by atomic mass is 16.7. The van der Waals surface area contributed by atoms with Crippen LogP contribution < -0.4 is 5.43 Å². The van der Waals surface area contributed by atoms with E-state index < -0.39 is 102 Å². The molecule has 0 bridgehead atoms. The van der Waals surface area contributed by atoms with Crippen LogP contribution in [0.1, 0.15) is 11.7 Å². The summed E-state index contributed by atoms with van der Waals surface area (Å²) in [7, 11) is 0. The highest BCUT2D eigenvalue weighted by Gasteiger charge is 2.52. The van der Waals surface area contributed by atoms with Crippen LogP contribution in [0.2, 0.25) is 0 Å². The van der Waals surface area contributed by atoms with Crippen LogP contribution in [-0.4, -0.2) is 119 Å². The number of phenolic OH excluding ortho intramolecular Hbond substituents is 3. The highest BCUT2D eigenvalue weighted by molar-refractivity contribution is 5.89. The van der Waals surface area contributed by atoms with Gasteiger partial charge in [0.1, 0.15) is 83.3 Å². The second-order valence-corrected chi connectivity index (χ2v) is 10.1. The summed E-state index contributed by atoms with van der Waals surface area (Å²) in [4.78, 5) is 13.1. The molecule has 0 aliphatic carbocycles. The Kier molecular flexibility index (Phi) is 8.41. The molecular formula is C27H30O15. The van der Waals surface area contributed by atoms with Crippen LogP contribution in [0.25, 0.3) is 22.3 Å². The van der Waals surface area contributed by atoms with Crippen molar-refractivity contribution < 1.29 is 69.7 Å². The van der Waals surface area contributed by atoms with Crippen LogP contribution in [0, 0.1) is 0 Å². The van der Waals surface area contributed by atoms with Gasteiger partial charge in [0.25, 0.3) is 0 Å². The maximum atomic E-state index is 13.1. The third-order valence-electron chi connectivity index (χ3n) is 7.44. The Balaban J connectivity index is 1.66. The van der Waals surface area contributed by atoms with Crippen LogP contribution in [0.4, 0.5) is 0 Å². The molecule has 10 atom stereocenters. The Morgan fingerprint density at radius 2 is 1.36 bits per heavy atom. The third-order valence-corrected chi connectivity index (χ3v) is 7.44. The molecule has 228 valence electrons. The fourth-order valence-electron chi connectivity index (χ4n) is 5.17. The molecule has 2 fully saturated rings. The zero-order valence-electron chi connectivity index (χ0n) is 21.7. The largest absolute Gasteiger partial charge is 0.508 e. The first kappa shape index (κ1) is 30.1. The van der Waals surface area contributed by atoms with E-state index >= 15 is 0 Å². The van der Waals surface area contributed by atoms with Gasteiger partial charge >= 0.3 is 0 Å². The summed E-state index contributed by atoms with van der Waals surface area (Å²) in [6.07, 6.45) is -17.3. The van der Waals surface area contributed by atoms with E-state index in [-0.39, 0.29) is 17.1 Å². The molecular weight excluding hydrogens is 564 g/mol. The second-order valence-electron chi connectivity index (χ2n) is 10.1. The predicted molar refractivity (Wildman–Crippen MR) is 138 cm³/mol. The summed E-state index contributed by atoms with van der Waals surface area (Å²) in [5.41, 5.74) is -1.21. The summed E-state index contributed by atoms with van der Waals surface area (Å²) >= 11 is 0. The van der Waals surface area contributed by atoms with E-state index in [0.717, 1.165) is 12.1 Å². The first-order valence-corrected chi connectivity index (χ1v) is 12.9. The smallest absolute Gasteiger partial charge is 0.197 e. The van der Waals surface area contributed by atoms with E-state index in [1.807, 2.05) is 0 Å². The lowest BCUT2D eigenvalue weighted by molar-refractivity contribution is -0.342. The number of hydrogen-bond donors (Lipinski definition) is 10. The van der Waals surface area contributed by atoms with Crippen LogP contribution in [-0.2, 0) is 14.2 Å². The van der Waals surface area contributed by atoms with Gasteiger partial charge in [-0.05, 0) is 24.3 Å². The minimum Gasteiger partial charge on any atom is -0.508 e. The molecule has 2 aromatic carbocycles. The van der Waals surface area contributed by atoms with Gasteiger partial charge in [-0.15, -0.1) is 0 Å². The van der Waals surface area contributed by atoms with Crippen molar-refractivity contribution in [1.82, 2.24) is 0 Å². The highest BCUT2D eigenvalue weighted by Crippen LogP contribution is 2.45. The van der Waals surface area contributed by atoms with Crippen LogP contribution >= 0.6 is 0 Å². The number of fused-ring (bicyclic) bond motifs is 1. The quantitative estimate of drug-likeness (QED) is 0.147. The van der Waals surface area contributed by atoms with E-state index in [9.17, 15) is 55.9 Å². The van der Waals surface area contributed by atoms with Gasteiger partial charge in [-0.25, -0.2) is 0 Å². The average Bonchev–Trinajstić information content (AvgIpc) is 2.96. The normalized spacial score (nSPS) is 33.6. The standard InChI is InChI=1S/C27H30O15/c28-7-15-20(35)22(37)26(42-27-23(38)21(36)19(34)16(8-29)41-27)25(40-15)18-12(32)5-11(31)17-13(33)6-14(39-24(17)18)9-1-3-10(30)4-2-9/h1-6,15-16,19-23,25-32,34-38H,7-8H2/t15-,16+,19+,20-,21+,22+,23+,25+,26-,27-/m1/s1. The van der Waals surface area contributed by atoms with Gasteiger partial charge in [0.15, 0.2) is 17.3 Å². The molecule has 0 radical (unpaired) electrons. The second kappa shape index (κ2) is 11.7. The molecule has 1 aromatic heterocycles. The Labute approximate surface area is 236 Å². The Bertz CT molecular complexity index is 1470. The summed E-state index contributed by atoms with van der Waals surface area (Å²) in [5.74, 6) is -1.50. The topological polar surface area (TPSA) is 260 Å². The van der Waals surface area contributed by atoms with Gasteiger partial charge in [-0.2, -0.15) is 0 Å². The van der Waals surface area contributed by atoms with Crippen LogP contribution in [0.15, 0.2) is 45.6 Å². The Hall–Kier alpha value is -3.35.